The van der Waals surface area contributed by atoms with Crippen LogP contribution in [0.3, 0.4) is 0 Å². The van der Waals surface area contributed by atoms with E-state index in [1.54, 1.807) is 24.5 Å². The van der Waals surface area contributed by atoms with Crippen molar-refractivity contribution in [1.29, 1.82) is 0 Å². The number of carbonyl (C=O) groups is 2. The summed E-state index contributed by atoms with van der Waals surface area (Å²) in [5, 5.41) is 11.1. The van der Waals surface area contributed by atoms with Gasteiger partial charge in [0, 0.05) is 18.8 Å². The Morgan fingerprint density at radius 3 is 2.65 bits per heavy atom. The van der Waals surface area contributed by atoms with Crippen LogP contribution in [0.2, 0.25) is 0 Å². The molecule has 2 heterocycles. The minimum absolute atomic E-state index is 0.0578. The molecule has 0 aliphatic heterocycles. The van der Waals surface area contributed by atoms with Crippen molar-refractivity contribution in [1.82, 2.24) is 14.5 Å². The third-order valence-corrected chi connectivity index (χ3v) is 2.67. The lowest BCUT2D eigenvalue weighted by Gasteiger charge is -2.06. The van der Waals surface area contributed by atoms with E-state index >= 15 is 0 Å². The fraction of sp³-hybridized carbons (Fsp3) is 0.231. The Hall–Kier alpha value is -2.70. The number of carboxylic acids is 1. The molecule has 0 saturated heterocycles. The molecule has 20 heavy (non-hydrogen) atoms. The van der Waals surface area contributed by atoms with Gasteiger partial charge < -0.3 is 10.4 Å². The smallest absolute Gasteiger partial charge is 0.303 e. The molecule has 0 aromatic carbocycles. The third-order valence-electron chi connectivity index (χ3n) is 2.67. The van der Waals surface area contributed by atoms with Crippen molar-refractivity contribution in [2.45, 2.75) is 19.8 Å². The van der Waals surface area contributed by atoms with Crippen LogP contribution in [-0.4, -0.2) is 31.5 Å². The highest BCUT2D eigenvalue weighted by atomic mass is 16.4. The summed E-state index contributed by atoms with van der Waals surface area (Å²) < 4.78 is 1.82. The number of pyridine rings is 1. The summed E-state index contributed by atoms with van der Waals surface area (Å²) in [5.41, 5.74) is 0.530. The highest BCUT2D eigenvalue weighted by Crippen LogP contribution is 2.11. The Morgan fingerprint density at radius 2 is 2.10 bits per heavy atom. The van der Waals surface area contributed by atoms with E-state index in [0.29, 0.717) is 11.5 Å². The van der Waals surface area contributed by atoms with Crippen LogP contribution in [0.1, 0.15) is 18.7 Å². The number of aliphatic carboxylic acids is 1. The van der Waals surface area contributed by atoms with Gasteiger partial charge in [-0.3, -0.25) is 14.2 Å². The number of carbonyl (C=O) groups excluding carboxylic acids is 1. The van der Waals surface area contributed by atoms with Crippen molar-refractivity contribution in [3.8, 4) is 5.82 Å². The number of aryl methyl sites for hydroxylation is 1. The van der Waals surface area contributed by atoms with E-state index in [4.69, 9.17) is 5.11 Å². The van der Waals surface area contributed by atoms with Gasteiger partial charge in [0.15, 0.2) is 0 Å². The highest BCUT2D eigenvalue weighted by Gasteiger charge is 2.07. The molecular formula is C13H14N4O3. The van der Waals surface area contributed by atoms with Crippen molar-refractivity contribution in [3.05, 3.63) is 36.5 Å². The predicted molar refractivity (Wildman–Crippen MR) is 71.6 cm³/mol. The molecule has 0 aliphatic carbocycles. The maximum Gasteiger partial charge on any atom is 0.303 e. The number of hydrogen-bond acceptors (Lipinski definition) is 4. The fourth-order valence-electron chi connectivity index (χ4n) is 1.67. The number of aromatic nitrogens is 3. The maximum absolute atomic E-state index is 11.5. The zero-order valence-corrected chi connectivity index (χ0v) is 10.9. The van der Waals surface area contributed by atoms with Gasteiger partial charge in [-0.2, -0.15) is 0 Å². The van der Waals surface area contributed by atoms with E-state index in [1.165, 1.54) is 6.20 Å². The SMILES string of the molecule is Cc1nccn1-c1ccc(NC(=O)CCC(=O)O)cn1. The van der Waals surface area contributed by atoms with Crippen LogP contribution in [0.15, 0.2) is 30.7 Å². The van der Waals surface area contributed by atoms with Crippen molar-refractivity contribution < 1.29 is 14.7 Å². The highest BCUT2D eigenvalue weighted by molar-refractivity contribution is 5.92. The van der Waals surface area contributed by atoms with Gasteiger partial charge in [0.05, 0.1) is 18.3 Å². The fourth-order valence-corrected chi connectivity index (χ4v) is 1.67. The molecule has 0 aliphatic rings. The second-order valence-corrected chi connectivity index (χ2v) is 4.19. The normalized spacial score (nSPS) is 10.2. The molecule has 0 unspecified atom stereocenters. The summed E-state index contributed by atoms with van der Waals surface area (Å²) >= 11 is 0. The molecule has 2 rings (SSSR count). The second kappa shape index (κ2) is 5.96. The van der Waals surface area contributed by atoms with Crippen LogP contribution >= 0.6 is 0 Å². The van der Waals surface area contributed by atoms with Crippen LogP contribution < -0.4 is 5.32 Å². The average Bonchev–Trinajstić information content (AvgIpc) is 2.84. The zero-order valence-electron chi connectivity index (χ0n) is 10.9. The molecule has 2 aromatic rings. The Bertz CT molecular complexity index is 619. The van der Waals surface area contributed by atoms with Crippen LogP contribution in [-0.2, 0) is 9.59 Å². The summed E-state index contributed by atoms with van der Waals surface area (Å²) in [4.78, 5) is 30.2. The van der Waals surface area contributed by atoms with Crippen LogP contribution in [0.25, 0.3) is 5.82 Å². The number of nitrogens with one attached hydrogen (secondary N) is 1. The summed E-state index contributed by atoms with van der Waals surface area (Å²) in [7, 11) is 0. The molecule has 104 valence electrons. The number of imidazole rings is 1. The average molecular weight is 274 g/mol. The van der Waals surface area contributed by atoms with Gasteiger partial charge >= 0.3 is 5.97 Å². The van der Waals surface area contributed by atoms with Crippen molar-refractivity contribution in [2.24, 2.45) is 0 Å². The van der Waals surface area contributed by atoms with E-state index in [-0.39, 0.29) is 18.7 Å². The van der Waals surface area contributed by atoms with Gasteiger partial charge in [-0.1, -0.05) is 0 Å². The lowest BCUT2D eigenvalue weighted by Crippen LogP contribution is -2.13. The largest absolute Gasteiger partial charge is 0.481 e. The number of rotatable bonds is 5. The minimum Gasteiger partial charge on any atom is -0.481 e. The Morgan fingerprint density at radius 1 is 1.30 bits per heavy atom. The molecule has 2 N–H and O–H groups in total. The molecule has 0 radical (unpaired) electrons. The summed E-state index contributed by atoms with van der Waals surface area (Å²) in [5.74, 6) is 0.171. The van der Waals surface area contributed by atoms with E-state index in [0.717, 1.165) is 5.82 Å². The van der Waals surface area contributed by atoms with Gasteiger partial charge in [-0.05, 0) is 19.1 Å². The summed E-state index contributed by atoms with van der Waals surface area (Å²) in [6.07, 6.45) is 4.75. The Kier molecular flexibility index (Phi) is 4.09. The van der Waals surface area contributed by atoms with Gasteiger partial charge in [-0.25, -0.2) is 9.97 Å². The number of carboxylic acid groups (broad SMARTS) is 1. The number of hydrogen-bond donors (Lipinski definition) is 2. The van der Waals surface area contributed by atoms with Crippen LogP contribution in [0.4, 0.5) is 5.69 Å². The molecule has 0 fully saturated rings. The van der Waals surface area contributed by atoms with Gasteiger partial charge in [-0.15, -0.1) is 0 Å². The molecule has 0 saturated carbocycles. The van der Waals surface area contributed by atoms with Crippen molar-refractivity contribution >= 4 is 17.6 Å². The quantitative estimate of drug-likeness (QED) is 0.858. The van der Waals surface area contributed by atoms with E-state index in [9.17, 15) is 9.59 Å². The predicted octanol–water partition coefficient (Wildman–Crippen LogP) is 1.38. The monoisotopic (exact) mass is 274 g/mol. The van der Waals surface area contributed by atoms with Gasteiger partial charge in [0.1, 0.15) is 11.6 Å². The van der Waals surface area contributed by atoms with Gasteiger partial charge in [0.25, 0.3) is 0 Å². The lowest BCUT2D eigenvalue weighted by molar-refractivity contribution is -0.138. The number of amides is 1. The first-order valence-corrected chi connectivity index (χ1v) is 6.04. The molecule has 0 atom stereocenters. The molecule has 1 amide bonds. The van der Waals surface area contributed by atoms with Crippen molar-refractivity contribution in [3.63, 3.8) is 0 Å². The standard InChI is InChI=1S/C13H14N4O3/c1-9-14-6-7-17(9)11-3-2-10(8-15-11)16-12(18)4-5-13(19)20/h2-3,6-8H,4-5H2,1H3,(H,16,18)(H,19,20). The Balaban J connectivity index is 2.00. The third kappa shape index (κ3) is 3.41. The zero-order chi connectivity index (χ0) is 14.5. The lowest BCUT2D eigenvalue weighted by atomic mass is 10.3. The van der Waals surface area contributed by atoms with E-state index in [1.807, 2.05) is 11.5 Å². The summed E-state index contributed by atoms with van der Waals surface area (Å²) in [6, 6.07) is 3.46. The van der Waals surface area contributed by atoms with E-state index < -0.39 is 5.97 Å². The Labute approximate surface area is 115 Å². The van der Waals surface area contributed by atoms with Crippen molar-refractivity contribution in [2.75, 3.05) is 5.32 Å². The first-order chi connectivity index (χ1) is 9.56. The molecule has 2 aromatic heterocycles. The summed E-state index contributed by atoms with van der Waals surface area (Å²) in [6.45, 7) is 1.86. The molecule has 7 heteroatoms. The van der Waals surface area contributed by atoms with Crippen LogP contribution in [0, 0.1) is 6.92 Å². The minimum atomic E-state index is -0.996. The topological polar surface area (TPSA) is 97.1 Å². The van der Waals surface area contributed by atoms with Gasteiger partial charge in [0.2, 0.25) is 5.91 Å². The molecular weight excluding hydrogens is 260 g/mol. The molecule has 0 bridgehead atoms. The molecule has 7 nitrogen and oxygen atoms in total. The second-order valence-electron chi connectivity index (χ2n) is 4.19. The number of anilines is 1. The number of nitrogens with zero attached hydrogens (tertiary/aromatic N) is 3. The first kappa shape index (κ1) is 13.7. The molecule has 0 spiro atoms. The maximum atomic E-state index is 11.5. The van der Waals surface area contributed by atoms with Crippen LogP contribution in [0.5, 0.6) is 0 Å². The van der Waals surface area contributed by atoms with E-state index in [2.05, 4.69) is 15.3 Å². The first-order valence-electron chi connectivity index (χ1n) is 6.04.